The van der Waals surface area contributed by atoms with Crippen LogP contribution in [0.15, 0.2) is 66.9 Å². The van der Waals surface area contributed by atoms with Gasteiger partial charge in [-0.2, -0.15) is 0 Å². The summed E-state index contributed by atoms with van der Waals surface area (Å²) in [6.45, 7) is 0. The fourth-order valence-electron chi connectivity index (χ4n) is 2.15. The van der Waals surface area contributed by atoms with Crippen LogP contribution in [0.1, 0.15) is 0 Å². The molecule has 0 amide bonds. The van der Waals surface area contributed by atoms with E-state index < -0.39 is 0 Å². The molecule has 0 aliphatic heterocycles. The van der Waals surface area contributed by atoms with Gasteiger partial charge in [0.25, 0.3) is 0 Å². The quantitative estimate of drug-likeness (QED) is 0.751. The molecule has 0 atom stereocenters. The van der Waals surface area contributed by atoms with Crippen LogP contribution in [0.5, 0.6) is 5.75 Å². The smallest absolute Gasteiger partial charge is 0.140 e. The first kappa shape index (κ1) is 12.4. The van der Waals surface area contributed by atoms with E-state index in [9.17, 15) is 9.50 Å². The molecule has 20 heavy (non-hydrogen) atoms. The minimum atomic E-state index is -0.382. The summed E-state index contributed by atoms with van der Waals surface area (Å²) in [5.74, 6) is -0.362. The van der Waals surface area contributed by atoms with Crippen molar-refractivity contribution in [2.45, 2.75) is 0 Å². The monoisotopic (exact) mass is 265 g/mol. The van der Waals surface area contributed by atoms with Crippen molar-refractivity contribution in [3.63, 3.8) is 0 Å². The molecule has 0 saturated heterocycles. The molecule has 0 spiro atoms. The maximum atomic E-state index is 14.7. The Labute approximate surface area is 116 Å². The van der Waals surface area contributed by atoms with Crippen molar-refractivity contribution < 1.29 is 9.50 Å². The van der Waals surface area contributed by atoms with Gasteiger partial charge in [-0.3, -0.25) is 4.98 Å². The Balaban J connectivity index is 2.22. The molecule has 98 valence electrons. The van der Waals surface area contributed by atoms with Crippen LogP contribution in [0.3, 0.4) is 0 Å². The minimum Gasteiger partial charge on any atom is -0.508 e. The van der Waals surface area contributed by atoms with Crippen LogP contribution in [-0.4, -0.2) is 10.1 Å². The predicted molar refractivity (Wildman–Crippen MR) is 76.7 cm³/mol. The lowest BCUT2D eigenvalue weighted by molar-refractivity contribution is 0.474. The number of aromatic hydroxyl groups is 1. The highest BCUT2D eigenvalue weighted by Crippen LogP contribution is 2.33. The highest BCUT2D eigenvalue weighted by atomic mass is 19.1. The lowest BCUT2D eigenvalue weighted by Gasteiger charge is -2.09. The van der Waals surface area contributed by atoms with Crippen molar-refractivity contribution >= 4 is 0 Å². The second-order valence-corrected chi connectivity index (χ2v) is 4.44. The summed E-state index contributed by atoms with van der Waals surface area (Å²) in [4.78, 5) is 4.13. The Bertz CT molecular complexity index is 666. The number of phenols is 1. The van der Waals surface area contributed by atoms with E-state index in [4.69, 9.17) is 0 Å². The molecule has 0 aliphatic carbocycles. The molecule has 0 unspecified atom stereocenters. The molecule has 0 fully saturated rings. The van der Waals surface area contributed by atoms with Crippen molar-refractivity contribution in [2.24, 2.45) is 0 Å². The normalized spacial score (nSPS) is 10.4. The zero-order valence-electron chi connectivity index (χ0n) is 10.6. The summed E-state index contributed by atoms with van der Waals surface area (Å²) in [7, 11) is 0. The van der Waals surface area contributed by atoms with Crippen LogP contribution in [0.4, 0.5) is 4.39 Å². The van der Waals surface area contributed by atoms with E-state index in [-0.39, 0.29) is 11.6 Å². The van der Waals surface area contributed by atoms with Crippen molar-refractivity contribution in [3.05, 3.63) is 72.7 Å². The van der Waals surface area contributed by atoms with Crippen LogP contribution in [-0.2, 0) is 0 Å². The zero-order valence-corrected chi connectivity index (χ0v) is 10.6. The molecule has 0 radical (unpaired) electrons. The molecule has 2 nitrogen and oxygen atoms in total. The molecule has 3 heteroatoms. The van der Waals surface area contributed by atoms with Gasteiger partial charge < -0.3 is 5.11 Å². The maximum absolute atomic E-state index is 14.7. The number of nitrogens with zero attached hydrogens (tertiary/aromatic N) is 1. The molecule has 3 aromatic rings. The molecule has 2 aromatic carbocycles. The summed E-state index contributed by atoms with van der Waals surface area (Å²) in [5.41, 5.74) is 1.88. The van der Waals surface area contributed by atoms with Crippen molar-refractivity contribution in [2.75, 3.05) is 0 Å². The average Bonchev–Trinajstić information content (AvgIpc) is 2.51. The van der Waals surface area contributed by atoms with Gasteiger partial charge in [-0.05, 0) is 29.8 Å². The molecule has 1 N–H and O–H groups in total. The van der Waals surface area contributed by atoms with Crippen LogP contribution in [0, 0.1) is 5.82 Å². The average molecular weight is 265 g/mol. The van der Waals surface area contributed by atoms with E-state index in [0.717, 1.165) is 5.56 Å². The lowest BCUT2D eigenvalue weighted by atomic mass is 10.00. The standard InChI is InChI=1S/C17H12FNO/c18-17-14(12-6-2-1-3-7-12)10-13(20)11-15(17)16-8-4-5-9-19-16/h1-11,20H. The van der Waals surface area contributed by atoms with Crippen molar-refractivity contribution in [1.82, 2.24) is 4.98 Å². The topological polar surface area (TPSA) is 33.1 Å². The Kier molecular flexibility index (Phi) is 3.17. The first-order valence-corrected chi connectivity index (χ1v) is 6.25. The fraction of sp³-hybridized carbons (Fsp3) is 0. The van der Waals surface area contributed by atoms with E-state index in [2.05, 4.69) is 4.98 Å². The summed E-state index contributed by atoms with van der Waals surface area (Å²) in [6.07, 6.45) is 1.60. The van der Waals surface area contributed by atoms with Gasteiger partial charge in [0.1, 0.15) is 11.6 Å². The number of rotatable bonds is 2. The SMILES string of the molecule is Oc1cc(-c2ccccc2)c(F)c(-c2ccccn2)c1. The largest absolute Gasteiger partial charge is 0.508 e. The van der Waals surface area contributed by atoms with E-state index in [0.29, 0.717) is 16.8 Å². The first-order chi connectivity index (χ1) is 9.75. The van der Waals surface area contributed by atoms with Crippen LogP contribution in [0.2, 0.25) is 0 Å². The third-order valence-corrected chi connectivity index (χ3v) is 3.08. The number of aromatic nitrogens is 1. The summed E-state index contributed by atoms with van der Waals surface area (Å²) in [6, 6.07) is 17.2. The molecular formula is C17H12FNO. The number of pyridine rings is 1. The van der Waals surface area contributed by atoms with Gasteiger partial charge in [-0.15, -0.1) is 0 Å². The predicted octanol–water partition coefficient (Wildman–Crippen LogP) is 4.26. The third-order valence-electron chi connectivity index (χ3n) is 3.08. The van der Waals surface area contributed by atoms with E-state index >= 15 is 0 Å². The summed E-state index contributed by atoms with van der Waals surface area (Å²) >= 11 is 0. The molecule has 1 heterocycles. The number of benzene rings is 2. The molecule has 3 rings (SSSR count). The molecule has 1 aromatic heterocycles. The zero-order chi connectivity index (χ0) is 13.9. The highest BCUT2D eigenvalue weighted by Gasteiger charge is 2.14. The van der Waals surface area contributed by atoms with Crippen molar-refractivity contribution in [3.8, 4) is 28.1 Å². The first-order valence-electron chi connectivity index (χ1n) is 6.25. The van der Waals surface area contributed by atoms with Crippen LogP contribution < -0.4 is 0 Å². The van der Waals surface area contributed by atoms with Gasteiger partial charge in [0.15, 0.2) is 0 Å². The highest BCUT2D eigenvalue weighted by molar-refractivity contribution is 5.74. The third kappa shape index (κ3) is 2.26. The number of halogens is 1. The number of hydrogen-bond donors (Lipinski definition) is 1. The van der Waals surface area contributed by atoms with E-state index in [1.165, 1.54) is 12.1 Å². The Morgan fingerprint density at radius 3 is 2.25 bits per heavy atom. The van der Waals surface area contributed by atoms with Gasteiger partial charge in [-0.25, -0.2) is 4.39 Å². The maximum Gasteiger partial charge on any atom is 0.140 e. The van der Waals surface area contributed by atoms with Crippen molar-refractivity contribution in [1.29, 1.82) is 0 Å². The minimum absolute atomic E-state index is 0.0194. The number of phenolic OH excluding ortho intramolecular Hbond substituents is 1. The second kappa shape index (κ2) is 5.13. The molecular weight excluding hydrogens is 253 g/mol. The van der Waals surface area contributed by atoms with E-state index in [1.54, 1.807) is 36.5 Å². The number of hydrogen-bond acceptors (Lipinski definition) is 2. The summed E-state index contributed by atoms with van der Waals surface area (Å²) in [5, 5.41) is 9.85. The van der Waals surface area contributed by atoms with Crippen LogP contribution >= 0.6 is 0 Å². The van der Waals surface area contributed by atoms with Gasteiger partial charge in [-0.1, -0.05) is 36.4 Å². The summed E-state index contributed by atoms with van der Waals surface area (Å²) < 4.78 is 14.7. The fourth-order valence-corrected chi connectivity index (χ4v) is 2.15. The van der Waals surface area contributed by atoms with Gasteiger partial charge in [0.2, 0.25) is 0 Å². The molecule has 0 aliphatic rings. The Hall–Kier alpha value is -2.68. The van der Waals surface area contributed by atoms with Gasteiger partial charge in [0, 0.05) is 17.3 Å². The Morgan fingerprint density at radius 2 is 1.55 bits per heavy atom. The molecule has 0 bridgehead atoms. The second-order valence-electron chi connectivity index (χ2n) is 4.44. The van der Waals surface area contributed by atoms with E-state index in [1.807, 2.05) is 18.2 Å². The van der Waals surface area contributed by atoms with Gasteiger partial charge in [0.05, 0.1) is 5.69 Å². The lowest BCUT2D eigenvalue weighted by Crippen LogP contribution is -1.91. The Morgan fingerprint density at radius 1 is 0.850 bits per heavy atom. The van der Waals surface area contributed by atoms with Crippen LogP contribution in [0.25, 0.3) is 22.4 Å². The van der Waals surface area contributed by atoms with Gasteiger partial charge >= 0.3 is 0 Å². The molecule has 0 saturated carbocycles.